The Labute approximate surface area is 216 Å². The van der Waals surface area contributed by atoms with Crippen LogP contribution in [-0.2, 0) is 19.7 Å². The van der Waals surface area contributed by atoms with Gasteiger partial charge in [-0.25, -0.2) is 0 Å². The largest absolute Gasteiger partial charge is 0.493 e. The molecule has 1 aromatic rings. The number of benzene rings is 1. The maximum absolute atomic E-state index is 12.4. The molecule has 1 aliphatic rings. The van der Waals surface area contributed by atoms with Crippen LogP contribution >= 0.6 is 0 Å². The zero-order valence-electron chi connectivity index (χ0n) is 23.2. The van der Waals surface area contributed by atoms with Crippen molar-refractivity contribution in [3.8, 4) is 5.75 Å². The molecule has 1 aliphatic heterocycles. The van der Waals surface area contributed by atoms with Crippen LogP contribution in [0.25, 0.3) is 10.4 Å². The normalized spacial score (nSPS) is 20.7. The monoisotopic (exact) mass is 503 g/mol. The molecule has 0 saturated carbocycles. The van der Waals surface area contributed by atoms with Crippen LogP contribution in [0.15, 0.2) is 23.3 Å². The number of ether oxygens (including phenoxy) is 3. The standard InChI is InChI=1S/C28H45N3O5/c1-17(2)20(15-23(30-31-29)25-16-21(18(3)4)27(33)36-25)26(32)19-10-11-22(28(5,6)7)24(14-19)35-13-9-12-34-8/h10-11,14,17-18,20-21,23,25-26,32H,9,12-13,15-16H2,1-8H3/t20-,21-,23+,25-,26-/m0/s1. The van der Waals surface area contributed by atoms with Crippen molar-refractivity contribution in [1.29, 1.82) is 0 Å². The van der Waals surface area contributed by atoms with Gasteiger partial charge in [0, 0.05) is 25.0 Å². The molecule has 1 aromatic carbocycles. The Hall–Kier alpha value is -2.28. The summed E-state index contributed by atoms with van der Waals surface area (Å²) in [5.41, 5.74) is 10.9. The highest BCUT2D eigenvalue weighted by molar-refractivity contribution is 5.75. The summed E-state index contributed by atoms with van der Waals surface area (Å²) >= 11 is 0. The number of hydrogen-bond acceptors (Lipinski definition) is 6. The number of cyclic esters (lactones) is 1. The van der Waals surface area contributed by atoms with E-state index in [0.29, 0.717) is 26.1 Å². The van der Waals surface area contributed by atoms with Crippen molar-refractivity contribution in [2.24, 2.45) is 28.8 Å². The predicted molar refractivity (Wildman–Crippen MR) is 141 cm³/mol. The number of methoxy groups -OCH3 is 1. The van der Waals surface area contributed by atoms with E-state index in [-0.39, 0.29) is 35.1 Å². The van der Waals surface area contributed by atoms with Crippen LogP contribution in [0.3, 0.4) is 0 Å². The van der Waals surface area contributed by atoms with Gasteiger partial charge in [0.25, 0.3) is 0 Å². The van der Waals surface area contributed by atoms with Gasteiger partial charge in [0.05, 0.1) is 24.7 Å². The lowest BCUT2D eigenvalue weighted by Gasteiger charge is -2.31. The quantitative estimate of drug-likeness (QED) is 0.111. The van der Waals surface area contributed by atoms with E-state index in [4.69, 9.17) is 14.2 Å². The summed E-state index contributed by atoms with van der Waals surface area (Å²) < 4.78 is 16.9. The molecule has 1 saturated heterocycles. The van der Waals surface area contributed by atoms with Crippen molar-refractivity contribution in [3.05, 3.63) is 39.8 Å². The van der Waals surface area contributed by atoms with Gasteiger partial charge >= 0.3 is 5.97 Å². The molecular weight excluding hydrogens is 458 g/mol. The van der Waals surface area contributed by atoms with Gasteiger partial charge in [0.1, 0.15) is 11.9 Å². The lowest BCUT2D eigenvalue weighted by molar-refractivity contribution is -0.146. The van der Waals surface area contributed by atoms with E-state index < -0.39 is 18.2 Å². The number of carbonyl (C=O) groups excluding carboxylic acids is 1. The minimum absolute atomic E-state index is 0.0998. The summed E-state index contributed by atoms with van der Waals surface area (Å²) in [5, 5.41) is 15.5. The first kappa shape index (κ1) is 29.9. The second-order valence-corrected chi connectivity index (χ2v) is 11.6. The van der Waals surface area contributed by atoms with Crippen LogP contribution in [0.4, 0.5) is 0 Å². The Morgan fingerprint density at radius 3 is 2.44 bits per heavy atom. The van der Waals surface area contributed by atoms with E-state index >= 15 is 0 Å². The molecule has 8 heteroatoms. The Morgan fingerprint density at radius 1 is 1.22 bits per heavy atom. The first-order valence-electron chi connectivity index (χ1n) is 13.1. The summed E-state index contributed by atoms with van der Waals surface area (Å²) in [6.07, 6.45) is 0.441. The molecule has 0 unspecified atom stereocenters. The molecule has 1 fully saturated rings. The summed E-state index contributed by atoms with van der Waals surface area (Å²) in [7, 11) is 1.67. The average Bonchev–Trinajstić information content (AvgIpc) is 3.19. The Kier molecular flexibility index (Phi) is 11.1. The first-order chi connectivity index (χ1) is 16.9. The fraction of sp³-hybridized carbons (Fsp3) is 0.750. The lowest BCUT2D eigenvalue weighted by atomic mass is 9.79. The van der Waals surface area contributed by atoms with E-state index in [0.717, 1.165) is 23.3 Å². The minimum atomic E-state index is -0.797. The van der Waals surface area contributed by atoms with E-state index in [1.54, 1.807) is 7.11 Å². The summed E-state index contributed by atoms with van der Waals surface area (Å²) in [6, 6.07) is 5.37. The molecule has 0 aromatic heterocycles. The van der Waals surface area contributed by atoms with Crippen LogP contribution in [0.2, 0.25) is 0 Å². The van der Waals surface area contributed by atoms with Crippen molar-refractivity contribution in [2.45, 2.75) is 91.4 Å². The molecule has 0 amide bonds. The second-order valence-electron chi connectivity index (χ2n) is 11.6. The third-order valence-corrected chi connectivity index (χ3v) is 7.17. The SMILES string of the molecule is COCCCOc1cc([C@H](O)[C@@H](C[C@@H](N=[N+]=[N-])[C@@H]2C[C@@H](C(C)C)C(=O)O2)C(C)C)ccc1C(C)(C)C. The number of aliphatic hydroxyl groups excluding tert-OH is 1. The summed E-state index contributed by atoms with van der Waals surface area (Å²) in [4.78, 5) is 15.4. The van der Waals surface area contributed by atoms with E-state index in [1.807, 2.05) is 45.9 Å². The molecule has 5 atom stereocenters. The highest BCUT2D eigenvalue weighted by Gasteiger charge is 2.41. The van der Waals surface area contributed by atoms with Gasteiger partial charge in [-0.05, 0) is 58.7 Å². The number of nitrogens with zero attached hydrogens (tertiary/aromatic N) is 3. The zero-order valence-corrected chi connectivity index (χ0v) is 23.2. The third kappa shape index (κ3) is 7.86. The molecule has 0 aliphatic carbocycles. The van der Waals surface area contributed by atoms with Gasteiger partial charge in [-0.1, -0.05) is 65.7 Å². The molecular formula is C28H45N3O5. The van der Waals surface area contributed by atoms with Crippen LogP contribution in [0, 0.1) is 23.7 Å². The van der Waals surface area contributed by atoms with Gasteiger partial charge in [0.15, 0.2) is 0 Å². The second kappa shape index (κ2) is 13.3. The number of azide groups is 1. The molecule has 1 N–H and O–H groups in total. The fourth-order valence-corrected chi connectivity index (χ4v) is 4.89. The number of aliphatic hydroxyl groups is 1. The number of carbonyl (C=O) groups is 1. The maximum atomic E-state index is 12.4. The first-order valence-corrected chi connectivity index (χ1v) is 13.1. The number of hydrogen-bond donors (Lipinski definition) is 1. The van der Waals surface area contributed by atoms with Gasteiger partial charge in [-0.2, -0.15) is 0 Å². The van der Waals surface area contributed by atoms with Gasteiger partial charge in [0.2, 0.25) is 0 Å². The molecule has 2 rings (SSSR count). The highest BCUT2D eigenvalue weighted by Crippen LogP contribution is 2.40. The topological polar surface area (TPSA) is 114 Å². The average molecular weight is 504 g/mol. The molecule has 36 heavy (non-hydrogen) atoms. The van der Waals surface area contributed by atoms with Crippen LogP contribution in [-0.4, -0.2) is 43.5 Å². The van der Waals surface area contributed by atoms with Gasteiger partial charge < -0.3 is 19.3 Å². The molecule has 0 bridgehead atoms. The van der Waals surface area contributed by atoms with E-state index in [1.165, 1.54) is 0 Å². The molecule has 0 radical (unpaired) electrons. The van der Waals surface area contributed by atoms with Crippen LogP contribution < -0.4 is 4.74 Å². The van der Waals surface area contributed by atoms with E-state index in [2.05, 4.69) is 30.8 Å². The Balaban J connectivity index is 2.30. The van der Waals surface area contributed by atoms with Gasteiger partial charge in [-0.15, -0.1) is 0 Å². The number of rotatable bonds is 13. The smallest absolute Gasteiger partial charge is 0.309 e. The fourth-order valence-electron chi connectivity index (χ4n) is 4.89. The van der Waals surface area contributed by atoms with Crippen molar-refractivity contribution >= 4 is 5.97 Å². The van der Waals surface area contributed by atoms with Crippen LogP contribution in [0.5, 0.6) is 5.75 Å². The van der Waals surface area contributed by atoms with Crippen molar-refractivity contribution in [1.82, 2.24) is 0 Å². The van der Waals surface area contributed by atoms with Gasteiger partial charge in [-0.3, -0.25) is 4.79 Å². The predicted octanol–water partition coefficient (Wildman–Crippen LogP) is 6.36. The number of esters is 1. The van der Waals surface area contributed by atoms with E-state index in [9.17, 15) is 15.4 Å². The Morgan fingerprint density at radius 2 is 1.92 bits per heavy atom. The maximum Gasteiger partial charge on any atom is 0.309 e. The summed E-state index contributed by atoms with van der Waals surface area (Å²) in [6.45, 7) is 15.6. The highest BCUT2D eigenvalue weighted by atomic mass is 16.6. The minimum Gasteiger partial charge on any atom is -0.493 e. The lowest BCUT2D eigenvalue weighted by Crippen LogP contribution is -2.31. The Bertz CT molecular complexity index is 905. The van der Waals surface area contributed by atoms with Crippen molar-refractivity contribution < 1.29 is 24.1 Å². The van der Waals surface area contributed by atoms with Crippen molar-refractivity contribution in [3.63, 3.8) is 0 Å². The molecule has 1 heterocycles. The molecule has 8 nitrogen and oxygen atoms in total. The zero-order chi connectivity index (χ0) is 27.0. The third-order valence-electron chi connectivity index (χ3n) is 7.17. The summed E-state index contributed by atoms with van der Waals surface area (Å²) in [5.74, 6) is 0.374. The molecule has 0 spiro atoms. The van der Waals surface area contributed by atoms with Crippen molar-refractivity contribution in [2.75, 3.05) is 20.3 Å². The van der Waals surface area contributed by atoms with Crippen LogP contribution in [0.1, 0.15) is 85.0 Å². The molecule has 202 valence electrons.